The average molecular weight is 466 g/mol. The van der Waals surface area contributed by atoms with Gasteiger partial charge in [-0.05, 0) is 36.2 Å². The fourth-order valence-electron chi connectivity index (χ4n) is 3.34. The van der Waals surface area contributed by atoms with Crippen molar-refractivity contribution in [3.8, 4) is 0 Å². The Bertz CT molecular complexity index is 1110. The van der Waals surface area contributed by atoms with Crippen molar-refractivity contribution < 1.29 is 19.5 Å². The van der Waals surface area contributed by atoms with Crippen LogP contribution in [0.5, 0.6) is 0 Å². The Morgan fingerprint density at radius 3 is 2.03 bits per heavy atom. The van der Waals surface area contributed by atoms with E-state index < -0.39 is 29.4 Å². The number of carbonyl (C=O) groups excluding carboxylic acids is 2. The highest BCUT2D eigenvalue weighted by molar-refractivity contribution is 6.31. The highest BCUT2D eigenvalue weighted by atomic mass is 35.5. The summed E-state index contributed by atoms with van der Waals surface area (Å²) in [5.41, 5.74) is 6.20. The standard InChI is InChI=1S/C25H24ClN3O4/c1-25(27,24(33)28-20-13-12-18(26)14-19(20)23(31)32)15-21(30)29-22(16-8-4-2-5-9-16)17-10-6-3-7-11-17/h2-14,22H,15,27H2,1H3,(H,28,33)(H,29,30)(H,31,32). The van der Waals surface area contributed by atoms with Crippen molar-refractivity contribution in [3.63, 3.8) is 0 Å². The van der Waals surface area contributed by atoms with Crippen molar-refractivity contribution in [1.29, 1.82) is 0 Å². The predicted octanol–water partition coefficient (Wildman–Crippen LogP) is 3.99. The zero-order valence-corrected chi connectivity index (χ0v) is 18.7. The third-order valence-corrected chi connectivity index (χ3v) is 5.31. The first-order valence-corrected chi connectivity index (χ1v) is 10.6. The van der Waals surface area contributed by atoms with Gasteiger partial charge >= 0.3 is 5.97 Å². The molecule has 170 valence electrons. The number of nitrogens with two attached hydrogens (primary N) is 1. The maximum Gasteiger partial charge on any atom is 0.337 e. The molecule has 33 heavy (non-hydrogen) atoms. The minimum Gasteiger partial charge on any atom is -0.478 e. The zero-order chi connectivity index (χ0) is 24.0. The topological polar surface area (TPSA) is 122 Å². The van der Waals surface area contributed by atoms with Crippen LogP contribution in [0, 0.1) is 0 Å². The van der Waals surface area contributed by atoms with Crippen LogP contribution in [0.15, 0.2) is 78.9 Å². The van der Waals surface area contributed by atoms with E-state index in [2.05, 4.69) is 10.6 Å². The summed E-state index contributed by atoms with van der Waals surface area (Å²) in [7, 11) is 0. The van der Waals surface area contributed by atoms with Crippen molar-refractivity contribution in [2.45, 2.75) is 24.9 Å². The summed E-state index contributed by atoms with van der Waals surface area (Å²) < 4.78 is 0. The van der Waals surface area contributed by atoms with E-state index in [1.165, 1.54) is 25.1 Å². The fraction of sp³-hybridized carbons (Fsp3) is 0.160. The highest BCUT2D eigenvalue weighted by Gasteiger charge is 2.33. The van der Waals surface area contributed by atoms with Gasteiger partial charge in [0.25, 0.3) is 0 Å². The van der Waals surface area contributed by atoms with Crippen LogP contribution in [0.2, 0.25) is 5.02 Å². The molecule has 0 bridgehead atoms. The van der Waals surface area contributed by atoms with Crippen LogP contribution in [0.1, 0.15) is 40.9 Å². The number of hydrogen-bond acceptors (Lipinski definition) is 4. The van der Waals surface area contributed by atoms with Crippen LogP contribution < -0.4 is 16.4 Å². The van der Waals surface area contributed by atoms with Crippen molar-refractivity contribution in [2.75, 3.05) is 5.32 Å². The lowest BCUT2D eigenvalue weighted by atomic mass is 9.95. The second-order valence-electron chi connectivity index (χ2n) is 7.87. The van der Waals surface area contributed by atoms with Gasteiger partial charge in [-0.1, -0.05) is 72.3 Å². The van der Waals surface area contributed by atoms with E-state index in [0.29, 0.717) is 0 Å². The number of halogens is 1. The molecule has 1 unspecified atom stereocenters. The first-order valence-electron chi connectivity index (χ1n) is 10.2. The number of nitrogens with one attached hydrogen (secondary N) is 2. The lowest BCUT2D eigenvalue weighted by Gasteiger charge is -2.26. The molecule has 0 saturated carbocycles. The molecule has 0 aliphatic carbocycles. The van der Waals surface area contributed by atoms with Crippen molar-refractivity contribution in [2.24, 2.45) is 5.73 Å². The summed E-state index contributed by atoms with van der Waals surface area (Å²) >= 11 is 5.85. The Morgan fingerprint density at radius 2 is 1.52 bits per heavy atom. The van der Waals surface area contributed by atoms with Gasteiger partial charge in [-0.3, -0.25) is 9.59 Å². The lowest BCUT2D eigenvalue weighted by Crippen LogP contribution is -2.52. The number of amides is 2. The van der Waals surface area contributed by atoms with Gasteiger partial charge in [-0.2, -0.15) is 0 Å². The molecule has 0 fully saturated rings. The van der Waals surface area contributed by atoms with E-state index in [0.717, 1.165) is 11.1 Å². The number of carboxylic acid groups (broad SMARTS) is 1. The largest absolute Gasteiger partial charge is 0.478 e. The van der Waals surface area contributed by atoms with E-state index in [1.807, 2.05) is 60.7 Å². The lowest BCUT2D eigenvalue weighted by molar-refractivity contribution is -0.128. The molecule has 0 radical (unpaired) electrons. The Labute approximate surface area is 196 Å². The molecule has 3 aromatic rings. The number of hydrogen-bond donors (Lipinski definition) is 4. The summed E-state index contributed by atoms with van der Waals surface area (Å²) in [5, 5.41) is 15.0. The van der Waals surface area contributed by atoms with Crippen LogP contribution in [-0.4, -0.2) is 28.4 Å². The van der Waals surface area contributed by atoms with Gasteiger partial charge in [0.15, 0.2) is 0 Å². The maximum atomic E-state index is 12.9. The Morgan fingerprint density at radius 1 is 0.970 bits per heavy atom. The summed E-state index contributed by atoms with van der Waals surface area (Å²) in [6.45, 7) is 1.41. The van der Waals surface area contributed by atoms with Crippen LogP contribution in [0.25, 0.3) is 0 Å². The molecule has 5 N–H and O–H groups in total. The van der Waals surface area contributed by atoms with Gasteiger partial charge < -0.3 is 21.5 Å². The number of benzene rings is 3. The molecular weight excluding hydrogens is 442 g/mol. The third kappa shape index (κ3) is 6.19. The number of rotatable bonds is 8. The minimum atomic E-state index is -1.60. The number of carboxylic acids is 1. The average Bonchev–Trinajstić information content (AvgIpc) is 2.79. The predicted molar refractivity (Wildman–Crippen MR) is 127 cm³/mol. The molecule has 1 atom stereocenters. The van der Waals surface area contributed by atoms with Crippen molar-refractivity contribution in [1.82, 2.24) is 5.32 Å². The third-order valence-electron chi connectivity index (χ3n) is 5.08. The molecule has 0 heterocycles. The first-order chi connectivity index (χ1) is 15.7. The molecule has 0 aliphatic rings. The van der Waals surface area contributed by atoms with E-state index in [1.54, 1.807) is 0 Å². The molecule has 0 spiro atoms. The minimum absolute atomic E-state index is 0.0421. The Balaban J connectivity index is 1.75. The monoisotopic (exact) mass is 465 g/mol. The summed E-state index contributed by atoms with van der Waals surface area (Å²) in [6, 6.07) is 22.5. The SMILES string of the molecule is CC(N)(CC(=O)NC(c1ccccc1)c1ccccc1)C(=O)Nc1ccc(Cl)cc1C(=O)O. The normalized spacial score (nSPS) is 12.6. The molecule has 7 nitrogen and oxygen atoms in total. The first kappa shape index (κ1) is 24.0. The van der Waals surface area contributed by atoms with Crippen LogP contribution >= 0.6 is 11.6 Å². The molecule has 0 saturated heterocycles. The smallest absolute Gasteiger partial charge is 0.337 e. The number of carbonyl (C=O) groups is 3. The van der Waals surface area contributed by atoms with Gasteiger partial charge in [0, 0.05) is 5.02 Å². The van der Waals surface area contributed by atoms with Gasteiger partial charge in [-0.15, -0.1) is 0 Å². The Kier molecular flexibility index (Phi) is 7.48. The molecule has 3 rings (SSSR count). The summed E-state index contributed by atoms with van der Waals surface area (Å²) in [6.07, 6.45) is -0.314. The van der Waals surface area contributed by atoms with E-state index in [9.17, 15) is 19.5 Å². The van der Waals surface area contributed by atoms with Crippen molar-refractivity contribution >= 4 is 35.1 Å². The van der Waals surface area contributed by atoms with Gasteiger partial charge in [0.2, 0.25) is 11.8 Å². The van der Waals surface area contributed by atoms with Gasteiger partial charge in [-0.25, -0.2) is 4.79 Å². The van der Waals surface area contributed by atoms with E-state index in [4.69, 9.17) is 17.3 Å². The Hall–Kier alpha value is -3.68. The number of aromatic carboxylic acids is 1. The zero-order valence-electron chi connectivity index (χ0n) is 17.9. The fourth-order valence-corrected chi connectivity index (χ4v) is 3.52. The quantitative estimate of drug-likeness (QED) is 0.400. The second kappa shape index (κ2) is 10.3. The molecular formula is C25H24ClN3O4. The van der Waals surface area contributed by atoms with Gasteiger partial charge in [0.1, 0.15) is 5.54 Å². The highest BCUT2D eigenvalue weighted by Crippen LogP contribution is 2.24. The van der Waals surface area contributed by atoms with E-state index in [-0.39, 0.29) is 22.7 Å². The summed E-state index contributed by atoms with van der Waals surface area (Å²) in [5.74, 6) is -2.38. The molecule has 2 amide bonds. The molecule has 3 aromatic carbocycles. The summed E-state index contributed by atoms with van der Waals surface area (Å²) in [4.78, 5) is 37.2. The van der Waals surface area contributed by atoms with Crippen LogP contribution in [0.3, 0.4) is 0 Å². The van der Waals surface area contributed by atoms with Crippen molar-refractivity contribution in [3.05, 3.63) is 101 Å². The maximum absolute atomic E-state index is 12.9. The van der Waals surface area contributed by atoms with E-state index >= 15 is 0 Å². The van der Waals surface area contributed by atoms with Gasteiger partial charge in [0.05, 0.1) is 23.7 Å². The molecule has 0 aromatic heterocycles. The van der Waals surface area contributed by atoms with Crippen LogP contribution in [-0.2, 0) is 9.59 Å². The molecule has 8 heteroatoms. The van der Waals surface area contributed by atoms with Crippen LogP contribution in [0.4, 0.5) is 5.69 Å². The second-order valence-corrected chi connectivity index (χ2v) is 8.30. The molecule has 0 aliphatic heterocycles. The number of anilines is 1.